The molecular formula is C31H42ClN5O3S. The molecule has 8 nitrogen and oxygen atoms in total. The fourth-order valence-electron chi connectivity index (χ4n) is 5.33. The number of halogens is 1. The molecule has 0 unspecified atom stereocenters. The minimum absolute atomic E-state index is 0.0154. The molecule has 0 saturated heterocycles. The number of benzene rings is 2. The quantitative estimate of drug-likeness (QED) is 0.247. The Kier molecular flexibility index (Phi) is 9.82. The van der Waals surface area contributed by atoms with Gasteiger partial charge in [0.25, 0.3) is 0 Å². The SMILES string of the molecule is Cc1cc(Nc2ncc(Cl)c(Nc3ccccc3S(=O)(=O)C(C)C)n2)c(OC(C)C)cc1C1CCC(N(C)C)CC1. The van der Waals surface area contributed by atoms with Crippen LogP contribution < -0.4 is 15.4 Å². The summed E-state index contributed by atoms with van der Waals surface area (Å²) in [6.45, 7) is 9.47. The molecule has 0 radical (unpaired) electrons. The van der Waals surface area contributed by atoms with E-state index < -0.39 is 15.1 Å². The van der Waals surface area contributed by atoms with Gasteiger partial charge in [0, 0.05) is 6.04 Å². The highest BCUT2D eigenvalue weighted by Gasteiger charge is 2.26. The van der Waals surface area contributed by atoms with Gasteiger partial charge >= 0.3 is 0 Å². The number of aromatic nitrogens is 2. The predicted octanol–water partition coefficient (Wildman–Crippen LogP) is 7.48. The van der Waals surface area contributed by atoms with Crippen LogP contribution in [0.1, 0.15) is 70.4 Å². The molecule has 0 atom stereocenters. The summed E-state index contributed by atoms with van der Waals surface area (Å²) in [5, 5.41) is 6.13. The summed E-state index contributed by atoms with van der Waals surface area (Å²) in [5.41, 5.74) is 3.68. The summed E-state index contributed by atoms with van der Waals surface area (Å²) < 4.78 is 32.1. The van der Waals surface area contributed by atoms with Crippen LogP contribution in [0.2, 0.25) is 5.02 Å². The van der Waals surface area contributed by atoms with Crippen LogP contribution in [0, 0.1) is 6.92 Å². The molecule has 4 rings (SSSR count). The van der Waals surface area contributed by atoms with E-state index in [0.29, 0.717) is 29.4 Å². The lowest BCUT2D eigenvalue weighted by atomic mass is 9.80. The molecule has 2 N–H and O–H groups in total. The first-order chi connectivity index (χ1) is 19.4. The van der Waals surface area contributed by atoms with Crippen LogP contribution in [0.25, 0.3) is 0 Å². The maximum atomic E-state index is 12.9. The van der Waals surface area contributed by atoms with Gasteiger partial charge in [0.15, 0.2) is 15.7 Å². The van der Waals surface area contributed by atoms with Gasteiger partial charge in [0.2, 0.25) is 5.95 Å². The molecule has 0 bridgehead atoms. The summed E-state index contributed by atoms with van der Waals surface area (Å²) in [4.78, 5) is 11.5. The summed E-state index contributed by atoms with van der Waals surface area (Å²) in [7, 11) is 0.803. The summed E-state index contributed by atoms with van der Waals surface area (Å²) in [6.07, 6.45) is 6.16. The van der Waals surface area contributed by atoms with Gasteiger partial charge in [-0.05, 0) is 116 Å². The molecule has 0 aliphatic heterocycles. The Balaban J connectivity index is 1.63. The van der Waals surface area contributed by atoms with E-state index in [4.69, 9.17) is 16.3 Å². The van der Waals surface area contributed by atoms with Gasteiger partial charge in [0.1, 0.15) is 10.8 Å². The number of rotatable bonds is 10. The van der Waals surface area contributed by atoms with Crippen molar-refractivity contribution in [3.8, 4) is 5.75 Å². The Morgan fingerprint density at radius 3 is 2.32 bits per heavy atom. The van der Waals surface area contributed by atoms with E-state index in [0.717, 1.165) is 24.3 Å². The van der Waals surface area contributed by atoms with Crippen molar-refractivity contribution in [3.63, 3.8) is 0 Å². The van der Waals surface area contributed by atoms with Gasteiger partial charge in [-0.15, -0.1) is 0 Å². The Bertz CT molecular complexity index is 1470. The van der Waals surface area contributed by atoms with Crippen LogP contribution in [-0.2, 0) is 9.84 Å². The van der Waals surface area contributed by atoms with E-state index in [2.05, 4.69) is 58.7 Å². The molecule has 41 heavy (non-hydrogen) atoms. The Hall–Kier alpha value is -2.88. The van der Waals surface area contributed by atoms with Crippen molar-refractivity contribution in [2.45, 2.75) is 88.5 Å². The third-order valence-electron chi connectivity index (χ3n) is 7.66. The number of hydrogen-bond donors (Lipinski definition) is 2. The molecule has 2 aromatic carbocycles. The van der Waals surface area contributed by atoms with E-state index in [-0.39, 0.29) is 16.0 Å². The molecule has 1 heterocycles. The Morgan fingerprint density at radius 1 is 1.00 bits per heavy atom. The topological polar surface area (TPSA) is 96.5 Å². The van der Waals surface area contributed by atoms with Gasteiger partial charge in [-0.25, -0.2) is 13.4 Å². The highest BCUT2D eigenvalue weighted by molar-refractivity contribution is 7.92. The van der Waals surface area contributed by atoms with Crippen molar-refractivity contribution in [2.75, 3.05) is 24.7 Å². The number of hydrogen-bond acceptors (Lipinski definition) is 8. The zero-order chi connectivity index (χ0) is 29.9. The van der Waals surface area contributed by atoms with Crippen LogP contribution in [-0.4, -0.2) is 54.8 Å². The fraction of sp³-hybridized carbons (Fsp3) is 0.484. The number of para-hydroxylation sites is 1. The van der Waals surface area contributed by atoms with Gasteiger partial charge in [-0.2, -0.15) is 4.98 Å². The zero-order valence-electron chi connectivity index (χ0n) is 25.0. The van der Waals surface area contributed by atoms with Crippen LogP contribution in [0.15, 0.2) is 47.5 Å². The summed E-state index contributed by atoms with van der Waals surface area (Å²) in [6, 6.07) is 11.7. The average Bonchev–Trinajstić information content (AvgIpc) is 2.92. The highest BCUT2D eigenvalue weighted by Crippen LogP contribution is 2.40. The van der Waals surface area contributed by atoms with Crippen LogP contribution in [0.5, 0.6) is 5.75 Å². The maximum Gasteiger partial charge on any atom is 0.229 e. The third kappa shape index (κ3) is 7.31. The van der Waals surface area contributed by atoms with Crippen molar-refractivity contribution in [1.82, 2.24) is 14.9 Å². The van der Waals surface area contributed by atoms with Gasteiger partial charge in [-0.1, -0.05) is 23.7 Å². The lowest BCUT2D eigenvalue weighted by Crippen LogP contribution is -2.31. The first-order valence-electron chi connectivity index (χ1n) is 14.2. The standard InChI is InChI=1S/C31H42ClN5O3S/c1-19(2)40-28-17-24(22-12-14-23(15-13-22)37(6)7)21(5)16-27(28)35-31-33-18-25(32)30(36-31)34-26-10-8-9-11-29(26)41(38,39)20(3)4/h8-11,16-20,22-23H,12-15H2,1-7H3,(H2,33,34,35,36). The van der Waals surface area contributed by atoms with Crippen molar-refractivity contribution < 1.29 is 13.2 Å². The number of nitrogens with zero attached hydrogens (tertiary/aromatic N) is 3. The number of aryl methyl sites for hydroxylation is 1. The molecular weight excluding hydrogens is 558 g/mol. The van der Waals surface area contributed by atoms with E-state index in [1.54, 1.807) is 38.1 Å². The van der Waals surface area contributed by atoms with Crippen molar-refractivity contribution in [1.29, 1.82) is 0 Å². The fourth-order valence-corrected chi connectivity index (χ4v) is 6.67. The molecule has 3 aromatic rings. The minimum atomic E-state index is -3.53. The maximum absolute atomic E-state index is 12.9. The van der Waals surface area contributed by atoms with E-state index >= 15 is 0 Å². The first kappa shape index (κ1) is 31.1. The average molecular weight is 600 g/mol. The number of sulfone groups is 1. The largest absolute Gasteiger partial charge is 0.489 e. The molecule has 10 heteroatoms. The Labute approximate surface area is 249 Å². The van der Waals surface area contributed by atoms with E-state index in [1.807, 2.05) is 13.8 Å². The lowest BCUT2D eigenvalue weighted by Gasteiger charge is -2.33. The summed E-state index contributed by atoms with van der Waals surface area (Å²) >= 11 is 6.45. The number of ether oxygens (including phenoxy) is 1. The molecule has 1 aliphatic rings. The highest BCUT2D eigenvalue weighted by atomic mass is 35.5. The minimum Gasteiger partial charge on any atom is -0.489 e. The zero-order valence-corrected chi connectivity index (χ0v) is 26.6. The molecule has 1 aliphatic carbocycles. The monoisotopic (exact) mass is 599 g/mol. The molecule has 1 aromatic heterocycles. The molecule has 0 amide bonds. The smallest absolute Gasteiger partial charge is 0.229 e. The summed E-state index contributed by atoms with van der Waals surface area (Å²) in [5.74, 6) is 1.86. The van der Waals surface area contributed by atoms with Crippen LogP contribution in [0.4, 0.5) is 23.1 Å². The molecule has 1 fully saturated rings. The molecule has 0 spiro atoms. The molecule has 222 valence electrons. The van der Waals surface area contributed by atoms with Crippen molar-refractivity contribution >= 4 is 44.6 Å². The van der Waals surface area contributed by atoms with Gasteiger partial charge in [-0.3, -0.25) is 0 Å². The second-order valence-corrected chi connectivity index (χ2v) is 14.5. The third-order valence-corrected chi connectivity index (χ3v) is 10.1. The predicted molar refractivity (Wildman–Crippen MR) is 168 cm³/mol. The molecule has 1 saturated carbocycles. The lowest BCUT2D eigenvalue weighted by molar-refractivity contribution is 0.215. The van der Waals surface area contributed by atoms with Crippen molar-refractivity contribution in [2.24, 2.45) is 0 Å². The van der Waals surface area contributed by atoms with Crippen molar-refractivity contribution in [3.05, 3.63) is 58.7 Å². The second-order valence-electron chi connectivity index (χ2n) is 11.6. The van der Waals surface area contributed by atoms with Crippen LogP contribution >= 0.6 is 11.6 Å². The normalized spacial score (nSPS) is 17.7. The number of nitrogens with one attached hydrogen (secondary N) is 2. The van der Waals surface area contributed by atoms with Gasteiger partial charge in [0.05, 0.1) is 33.8 Å². The van der Waals surface area contributed by atoms with Gasteiger partial charge < -0.3 is 20.3 Å². The van der Waals surface area contributed by atoms with E-state index in [9.17, 15) is 8.42 Å². The first-order valence-corrected chi connectivity index (χ1v) is 16.2. The Morgan fingerprint density at radius 2 is 1.68 bits per heavy atom. The van der Waals surface area contributed by atoms with Crippen LogP contribution in [0.3, 0.4) is 0 Å². The second kappa shape index (κ2) is 13.0. The number of anilines is 4. The van der Waals surface area contributed by atoms with E-state index in [1.165, 1.54) is 30.2 Å².